The summed E-state index contributed by atoms with van der Waals surface area (Å²) in [5, 5.41) is 3.51. The van der Waals surface area contributed by atoms with Crippen LogP contribution in [-0.2, 0) is 12.7 Å². The van der Waals surface area contributed by atoms with E-state index in [0.717, 1.165) is 18.3 Å². The Kier molecular flexibility index (Phi) is 5.52. The third-order valence-corrected chi connectivity index (χ3v) is 4.39. The molecule has 1 amide bonds. The van der Waals surface area contributed by atoms with Gasteiger partial charge in [-0.25, -0.2) is 15.0 Å². The Morgan fingerprint density at radius 1 is 1.13 bits per heavy atom. The van der Waals surface area contributed by atoms with Crippen molar-refractivity contribution in [1.29, 1.82) is 0 Å². The normalized spacial score (nSPS) is 11.5. The van der Waals surface area contributed by atoms with Crippen LogP contribution in [0.3, 0.4) is 0 Å². The molecule has 0 spiro atoms. The quantitative estimate of drug-likeness (QED) is 0.502. The van der Waals surface area contributed by atoms with Crippen molar-refractivity contribution in [1.82, 2.24) is 24.8 Å². The third-order valence-electron chi connectivity index (χ3n) is 4.39. The molecule has 4 rings (SSSR count). The molecule has 1 N–H and O–H groups in total. The average molecular weight is 427 g/mol. The van der Waals surface area contributed by atoms with Crippen LogP contribution < -0.4 is 10.1 Å². The van der Waals surface area contributed by atoms with E-state index in [1.807, 2.05) is 4.57 Å². The summed E-state index contributed by atoms with van der Waals surface area (Å²) in [6, 6.07) is 10.3. The van der Waals surface area contributed by atoms with Gasteiger partial charge in [0.25, 0.3) is 5.91 Å². The minimum atomic E-state index is -4.45. The first-order chi connectivity index (χ1) is 14.9. The fourth-order valence-electron chi connectivity index (χ4n) is 2.83. The highest BCUT2D eigenvalue weighted by Crippen LogP contribution is 2.30. The Balaban J connectivity index is 1.42. The number of carbonyl (C=O) groups is 1. The monoisotopic (exact) mass is 427 g/mol. The molecule has 0 unspecified atom stereocenters. The number of ether oxygens (including phenoxy) is 1. The van der Waals surface area contributed by atoms with Gasteiger partial charge < -0.3 is 14.6 Å². The number of carbonyl (C=O) groups excluding carboxylic acids is 1. The Labute approximate surface area is 174 Å². The van der Waals surface area contributed by atoms with E-state index in [4.69, 9.17) is 4.74 Å². The summed E-state index contributed by atoms with van der Waals surface area (Å²) in [7, 11) is 0. The van der Waals surface area contributed by atoms with Crippen LogP contribution in [0.25, 0.3) is 10.9 Å². The number of amides is 1. The Morgan fingerprint density at radius 2 is 2.00 bits per heavy atom. The van der Waals surface area contributed by atoms with Crippen LogP contribution in [0.1, 0.15) is 16.1 Å². The molecular formula is C21H16F3N5O2. The molecule has 0 radical (unpaired) electrons. The fraction of sp³-hybridized carbons (Fsp3) is 0.143. The zero-order chi connectivity index (χ0) is 21.8. The molecule has 0 saturated heterocycles. The number of nitrogens with one attached hydrogen (secondary N) is 1. The maximum Gasteiger partial charge on any atom is 0.417 e. The average Bonchev–Trinajstić information content (AvgIpc) is 3.26. The second kappa shape index (κ2) is 8.42. The van der Waals surface area contributed by atoms with Crippen molar-refractivity contribution in [3.63, 3.8) is 0 Å². The topological polar surface area (TPSA) is 81.9 Å². The van der Waals surface area contributed by atoms with Crippen LogP contribution in [-0.4, -0.2) is 32.0 Å². The number of aromatic nitrogens is 4. The number of rotatable bonds is 6. The van der Waals surface area contributed by atoms with Crippen molar-refractivity contribution in [2.24, 2.45) is 0 Å². The molecule has 0 saturated carbocycles. The van der Waals surface area contributed by atoms with Crippen LogP contribution >= 0.6 is 0 Å². The second-order valence-corrected chi connectivity index (χ2v) is 6.59. The van der Waals surface area contributed by atoms with Crippen molar-refractivity contribution in [2.75, 3.05) is 6.54 Å². The van der Waals surface area contributed by atoms with Gasteiger partial charge >= 0.3 is 6.18 Å². The van der Waals surface area contributed by atoms with Crippen molar-refractivity contribution in [3.8, 4) is 11.6 Å². The third kappa shape index (κ3) is 4.97. The molecule has 0 aliphatic rings. The minimum absolute atomic E-state index is 0.0363. The highest BCUT2D eigenvalue weighted by Gasteiger charge is 2.30. The second-order valence-electron chi connectivity index (χ2n) is 6.59. The lowest BCUT2D eigenvalue weighted by Crippen LogP contribution is -2.27. The van der Waals surface area contributed by atoms with E-state index < -0.39 is 11.7 Å². The summed E-state index contributed by atoms with van der Waals surface area (Å²) in [5.74, 6) is 0.129. The van der Waals surface area contributed by atoms with E-state index in [1.54, 1.807) is 49.1 Å². The van der Waals surface area contributed by atoms with Gasteiger partial charge in [0.05, 0.1) is 17.4 Å². The summed E-state index contributed by atoms with van der Waals surface area (Å²) >= 11 is 0. The van der Waals surface area contributed by atoms with Crippen molar-refractivity contribution < 1.29 is 22.7 Å². The van der Waals surface area contributed by atoms with E-state index in [9.17, 15) is 18.0 Å². The first-order valence-corrected chi connectivity index (χ1v) is 9.24. The molecular weight excluding hydrogens is 411 g/mol. The lowest BCUT2D eigenvalue weighted by atomic mass is 10.2. The van der Waals surface area contributed by atoms with E-state index in [0.29, 0.717) is 29.7 Å². The van der Waals surface area contributed by atoms with Crippen molar-refractivity contribution in [3.05, 3.63) is 78.6 Å². The molecule has 0 bridgehead atoms. The number of pyridine rings is 2. The van der Waals surface area contributed by atoms with Crippen molar-refractivity contribution in [2.45, 2.75) is 12.7 Å². The van der Waals surface area contributed by atoms with Gasteiger partial charge in [-0.1, -0.05) is 6.07 Å². The zero-order valence-electron chi connectivity index (χ0n) is 16.0. The van der Waals surface area contributed by atoms with E-state index in [2.05, 4.69) is 20.3 Å². The van der Waals surface area contributed by atoms with Crippen molar-refractivity contribution >= 4 is 16.8 Å². The zero-order valence-corrected chi connectivity index (χ0v) is 16.0. The molecule has 0 aliphatic heterocycles. The lowest BCUT2D eigenvalue weighted by Gasteiger charge is -2.09. The van der Waals surface area contributed by atoms with Crippen LogP contribution in [0.5, 0.6) is 11.6 Å². The Bertz CT molecular complexity index is 1190. The van der Waals surface area contributed by atoms with Crippen LogP contribution in [0, 0.1) is 0 Å². The number of hydrogen-bond donors (Lipinski definition) is 1. The number of benzene rings is 1. The number of nitrogens with zero attached hydrogens (tertiary/aromatic N) is 4. The standard InChI is InChI=1S/C21H16F3N5O2/c22-21(23,24)15-2-6-19(27-12-15)31-16-3-5-17-14(11-16)1-4-18(28-17)20(30)26-8-10-29-9-7-25-13-29/h1-7,9,11-13H,8,10H2,(H,26,30). The van der Waals surface area contributed by atoms with Gasteiger partial charge in [-0.3, -0.25) is 4.79 Å². The maximum absolute atomic E-state index is 12.6. The summed E-state index contributed by atoms with van der Waals surface area (Å²) < 4.78 is 45.2. The van der Waals surface area contributed by atoms with Crippen LogP contribution in [0.4, 0.5) is 13.2 Å². The van der Waals surface area contributed by atoms with E-state index in [-0.39, 0.29) is 17.5 Å². The van der Waals surface area contributed by atoms with Crippen LogP contribution in [0.15, 0.2) is 67.4 Å². The maximum atomic E-state index is 12.6. The van der Waals surface area contributed by atoms with Gasteiger partial charge in [0.2, 0.25) is 5.88 Å². The highest BCUT2D eigenvalue weighted by molar-refractivity contribution is 5.95. The van der Waals surface area contributed by atoms with E-state index in [1.165, 1.54) is 0 Å². The summed E-state index contributed by atoms with van der Waals surface area (Å²) in [5.41, 5.74) is 0.00425. The fourth-order valence-corrected chi connectivity index (χ4v) is 2.83. The van der Waals surface area contributed by atoms with Crippen LogP contribution in [0.2, 0.25) is 0 Å². The SMILES string of the molecule is O=C(NCCn1ccnc1)c1ccc2cc(Oc3ccc(C(F)(F)F)cn3)ccc2n1. The molecule has 158 valence electrons. The highest BCUT2D eigenvalue weighted by atomic mass is 19.4. The van der Waals surface area contributed by atoms with E-state index >= 15 is 0 Å². The molecule has 10 heteroatoms. The first kappa shape index (κ1) is 20.3. The minimum Gasteiger partial charge on any atom is -0.439 e. The number of alkyl halides is 3. The van der Waals surface area contributed by atoms with Gasteiger partial charge in [0.15, 0.2) is 0 Å². The smallest absolute Gasteiger partial charge is 0.417 e. The number of imidazole rings is 1. The van der Waals surface area contributed by atoms with Gasteiger partial charge in [-0.2, -0.15) is 13.2 Å². The molecule has 0 aliphatic carbocycles. The molecule has 1 aromatic carbocycles. The summed E-state index contributed by atoms with van der Waals surface area (Å²) in [4.78, 5) is 24.3. The van der Waals surface area contributed by atoms with Gasteiger partial charge in [0.1, 0.15) is 11.4 Å². The first-order valence-electron chi connectivity index (χ1n) is 9.24. The molecule has 4 aromatic rings. The predicted octanol–water partition coefficient (Wildman–Crippen LogP) is 4.07. The predicted molar refractivity (Wildman–Crippen MR) is 106 cm³/mol. The van der Waals surface area contributed by atoms with Gasteiger partial charge in [-0.05, 0) is 30.3 Å². The van der Waals surface area contributed by atoms with Gasteiger partial charge in [0, 0.05) is 43.1 Å². The van der Waals surface area contributed by atoms with Gasteiger partial charge in [-0.15, -0.1) is 0 Å². The number of hydrogen-bond acceptors (Lipinski definition) is 5. The number of fused-ring (bicyclic) bond motifs is 1. The molecule has 3 heterocycles. The summed E-state index contributed by atoms with van der Waals surface area (Å²) in [6.45, 7) is 1.03. The molecule has 7 nitrogen and oxygen atoms in total. The largest absolute Gasteiger partial charge is 0.439 e. The lowest BCUT2D eigenvalue weighted by molar-refractivity contribution is -0.137. The Morgan fingerprint density at radius 3 is 2.71 bits per heavy atom. The number of halogens is 3. The Hall–Kier alpha value is -3.95. The summed E-state index contributed by atoms with van der Waals surface area (Å²) in [6.07, 6.45) is 1.40. The molecule has 0 fully saturated rings. The molecule has 0 atom stereocenters. The molecule has 3 aromatic heterocycles. The molecule has 31 heavy (non-hydrogen) atoms.